The number of hydrogen-bond donors (Lipinski definition) is 1. The maximum absolute atomic E-state index is 13.4. The minimum Gasteiger partial charge on any atom is -0.378 e. The summed E-state index contributed by atoms with van der Waals surface area (Å²) in [7, 11) is 3.73. The van der Waals surface area contributed by atoms with Crippen LogP contribution in [0.5, 0.6) is 0 Å². The van der Waals surface area contributed by atoms with Gasteiger partial charge in [-0.3, -0.25) is 0 Å². The lowest BCUT2D eigenvalue weighted by molar-refractivity contribution is -0.0830. The third-order valence-corrected chi connectivity index (χ3v) is 4.50. The van der Waals surface area contributed by atoms with E-state index in [0.717, 1.165) is 31.2 Å². The molecule has 2 nitrogen and oxygen atoms in total. The summed E-state index contributed by atoms with van der Waals surface area (Å²) in [6.07, 6.45) is 5.23. The van der Waals surface area contributed by atoms with Crippen molar-refractivity contribution in [2.24, 2.45) is 0 Å². The summed E-state index contributed by atoms with van der Waals surface area (Å²) in [6, 6.07) is 5.32. The van der Waals surface area contributed by atoms with E-state index in [0.29, 0.717) is 6.04 Å². The molecule has 1 fully saturated rings. The smallest absolute Gasteiger partial charge is 0.142 e. The van der Waals surface area contributed by atoms with Gasteiger partial charge < -0.3 is 10.1 Å². The van der Waals surface area contributed by atoms with Gasteiger partial charge in [0.25, 0.3) is 0 Å². The molecule has 1 saturated carbocycles. The molecule has 0 aromatic heterocycles. The fourth-order valence-electron chi connectivity index (χ4n) is 2.74. The molecule has 1 aromatic carbocycles. The van der Waals surface area contributed by atoms with E-state index in [2.05, 4.69) is 5.32 Å². The summed E-state index contributed by atoms with van der Waals surface area (Å²) in [6.45, 7) is 0. The van der Waals surface area contributed by atoms with Gasteiger partial charge in [0, 0.05) is 13.2 Å². The fourth-order valence-corrected chi connectivity index (χ4v) is 2.86. The van der Waals surface area contributed by atoms with E-state index in [4.69, 9.17) is 16.3 Å². The monoisotopic (exact) mass is 285 g/mol. The van der Waals surface area contributed by atoms with Gasteiger partial charge in [0.05, 0.1) is 10.6 Å². The summed E-state index contributed by atoms with van der Waals surface area (Å²) in [5.74, 6) is -0.348. The molecule has 4 heteroatoms. The Morgan fingerprint density at radius 3 is 2.68 bits per heavy atom. The Labute approximate surface area is 119 Å². The van der Waals surface area contributed by atoms with Crippen molar-refractivity contribution in [1.29, 1.82) is 0 Å². The lowest BCUT2D eigenvalue weighted by Gasteiger charge is -2.42. The van der Waals surface area contributed by atoms with E-state index in [1.807, 2.05) is 13.1 Å². The molecule has 1 aliphatic carbocycles. The second-order valence-corrected chi connectivity index (χ2v) is 5.79. The van der Waals surface area contributed by atoms with Crippen LogP contribution >= 0.6 is 11.6 Å². The molecular weight excluding hydrogens is 265 g/mol. The van der Waals surface area contributed by atoms with Gasteiger partial charge in [-0.25, -0.2) is 4.39 Å². The molecule has 0 amide bonds. The zero-order valence-corrected chi connectivity index (χ0v) is 12.3. The quantitative estimate of drug-likeness (QED) is 0.863. The Kier molecular flexibility index (Phi) is 4.82. The Hall–Kier alpha value is -0.640. The van der Waals surface area contributed by atoms with Gasteiger partial charge >= 0.3 is 0 Å². The highest BCUT2D eigenvalue weighted by Gasteiger charge is 2.38. The van der Waals surface area contributed by atoms with Crippen LogP contribution in [-0.2, 0) is 11.2 Å². The highest BCUT2D eigenvalue weighted by Crippen LogP contribution is 2.39. The Morgan fingerprint density at radius 1 is 1.47 bits per heavy atom. The van der Waals surface area contributed by atoms with Gasteiger partial charge in [-0.05, 0) is 56.8 Å². The van der Waals surface area contributed by atoms with Crippen molar-refractivity contribution in [3.05, 3.63) is 34.6 Å². The minimum absolute atomic E-state index is 0.0264. The first kappa shape index (κ1) is 14.8. The zero-order chi connectivity index (χ0) is 13.9. The molecule has 0 bridgehead atoms. The number of halogens is 2. The summed E-state index contributed by atoms with van der Waals surface area (Å²) >= 11 is 5.70. The number of methoxy groups -OCH3 is 1. The normalized spacial score (nSPS) is 18.9. The highest BCUT2D eigenvalue weighted by atomic mass is 35.5. The summed E-state index contributed by atoms with van der Waals surface area (Å²) in [4.78, 5) is 0. The number of hydrogen-bond acceptors (Lipinski definition) is 2. The first-order valence-corrected chi connectivity index (χ1v) is 7.13. The number of rotatable bonds is 6. The molecule has 0 aliphatic heterocycles. The second kappa shape index (κ2) is 6.21. The van der Waals surface area contributed by atoms with Crippen molar-refractivity contribution < 1.29 is 9.13 Å². The Balaban J connectivity index is 2.00. The molecule has 1 aliphatic rings. The van der Waals surface area contributed by atoms with Crippen molar-refractivity contribution in [3.8, 4) is 0 Å². The van der Waals surface area contributed by atoms with Gasteiger partial charge in [0.15, 0.2) is 0 Å². The molecule has 2 rings (SSSR count). The van der Waals surface area contributed by atoms with E-state index >= 15 is 0 Å². The molecule has 0 spiro atoms. The fraction of sp³-hybridized carbons (Fsp3) is 0.600. The van der Waals surface area contributed by atoms with Crippen molar-refractivity contribution in [2.75, 3.05) is 14.2 Å². The average molecular weight is 286 g/mol. The topological polar surface area (TPSA) is 21.3 Å². The molecule has 0 heterocycles. The predicted octanol–water partition coefficient (Wildman–Crippen LogP) is 3.57. The van der Waals surface area contributed by atoms with Crippen LogP contribution in [0.2, 0.25) is 5.02 Å². The number of nitrogens with one attached hydrogen (secondary N) is 1. The van der Waals surface area contributed by atoms with Crippen LogP contribution in [0, 0.1) is 5.82 Å². The molecular formula is C15H21ClFNO. The maximum Gasteiger partial charge on any atom is 0.142 e. The largest absolute Gasteiger partial charge is 0.378 e. The van der Waals surface area contributed by atoms with Crippen LogP contribution in [0.15, 0.2) is 18.2 Å². The number of benzene rings is 1. The minimum atomic E-state index is -0.348. The molecule has 0 saturated heterocycles. The highest BCUT2D eigenvalue weighted by molar-refractivity contribution is 6.30. The molecule has 0 radical (unpaired) electrons. The van der Waals surface area contributed by atoms with Gasteiger partial charge in [-0.2, -0.15) is 0 Å². The first-order valence-electron chi connectivity index (χ1n) is 6.75. The van der Waals surface area contributed by atoms with Crippen LogP contribution in [0.25, 0.3) is 0 Å². The van der Waals surface area contributed by atoms with Crippen molar-refractivity contribution >= 4 is 11.6 Å². The molecule has 1 unspecified atom stereocenters. The summed E-state index contributed by atoms with van der Waals surface area (Å²) in [5, 5.41) is 3.49. The van der Waals surface area contributed by atoms with Crippen LogP contribution in [-0.4, -0.2) is 25.8 Å². The van der Waals surface area contributed by atoms with Crippen LogP contribution in [0.4, 0.5) is 4.39 Å². The first-order chi connectivity index (χ1) is 9.08. The Bertz CT molecular complexity index is 429. The van der Waals surface area contributed by atoms with Crippen molar-refractivity contribution in [1.82, 2.24) is 5.32 Å². The molecule has 1 N–H and O–H groups in total. The molecule has 106 valence electrons. The van der Waals surface area contributed by atoms with E-state index in [1.54, 1.807) is 13.2 Å². The van der Waals surface area contributed by atoms with Gasteiger partial charge in [-0.15, -0.1) is 0 Å². The van der Waals surface area contributed by atoms with Crippen LogP contribution < -0.4 is 5.32 Å². The van der Waals surface area contributed by atoms with Gasteiger partial charge in [0.1, 0.15) is 5.82 Å². The number of ether oxygens (including phenoxy) is 1. The standard InChI is InChI=1S/C15H21ClFNO/c1-18-12(10-15(19-2)6-3-7-15)8-11-4-5-13(16)14(17)9-11/h4-5,9,12,18H,3,6-8,10H2,1-2H3. The van der Waals surface area contributed by atoms with Crippen molar-refractivity contribution in [3.63, 3.8) is 0 Å². The van der Waals surface area contributed by atoms with E-state index in [9.17, 15) is 4.39 Å². The van der Waals surface area contributed by atoms with Crippen LogP contribution in [0.3, 0.4) is 0 Å². The third-order valence-electron chi connectivity index (χ3n) is 4.19. The molecule has 1 atom stereocenters. The second-order valence-electron chi connectivity index (χ2n) is 5.38. The maximum atomic E-state index is 13.4. The summed E-state index contributed by atoms with van der Waals surface area (Å²) < 4.78 is 19.1. The predicted molar refractivity (Wildman–Crippen MR) is 76.2 cm³/mol. The zero-order valence-electron chi connectivity index (χ0n) is 11.5. The molecule has 19 heavy (non-hydrogen) atoms. The third kappa shape index (κ3) is 3.47. The number of likely N-dealkylation sites (N-methyl/N-ethyl adjacent to an activating group) is 1. The lowest BCUT2D eigenvalue weighted by Crippen LogP contribution is -2.45. The SMILES string of the molecule is CNC(Cc1ccc(Cl)c(F)c1)CC1(OC)CCC1. The van der Waals surface area contributed by atoms with E-state index < -0.39 is 0 Å². The van der Waals surface area contributed by atoms with Crippen LogP contribution in [0.1, 0.15) is 31.2 Å². The molecule has 1 aromatic rings. The van der Waals surface area contributed by atoms with Crippen molar-refractivity contribution in [2.45, 2.75) is 43.7 Å². The van der Waals surface area contributed by atoms with E-state index in [-0.39, 0.29) is 16.4 Å². The van der Waals surface area contributed by atoms with Gasteiger partial charge in [-0.1, -0.05) is 17.7 Å². The average Bonchev–Trinajstić information content (AvgIpc) is 2.36. The van der Waals surface area contributed by atoms with E-state index in [1.165, 1.54) is 12.5 Å². The Morgan fingerprint density at radius 2 is 2.21 bits per heavy atom. The lowest BCUT2D eigenvalue weighted by atomic mass is 9.75. The summed E-state index contributed by atoms with van der Waals surface area (Å²) in [5.41, 5.74) is 0.991. The van der Waals surface area contributed by atoms with Gasteiger partial charge in [0.2, 0.25) is 0 Å².